The number of hydrazone groups is 1. The molecule has 2 aliphatic rings. The lowest BCUT2D eigenvalue weighted by Gasteiger charge is -2.30. The van der Waals surface area contributed by atoms with Crippen molar-refractivity contribution in [1.29, 1.82) is 0 Å². The van der Waals surface area contributed by atoms with Crippen molar-refractivity contribution in [3.05, 3.63) is 63.1 Å². The summed E-state index contributed by atoms with van der Waals surface area (Å²) in [6.07, 6.45) is -1.02. The van der Waals surface area contributed by atoms with Gasteiger partial charge < -0.3 is 0 Å². The number of alkyl halides is 3. The highest BCUT2D eigenvalue weighted by Crippen LogP contribution is 2.48. The van der Waals surface area contributed by atoms with Gasteiger partial charge in [-0.3, -0.25) is 15.2 Å². The predicted octanol–water partition coefficient (Wildman–Crippen LogP) is 6.65. The van der Waals surface area contributed by atoms with Gasteiger partial charge in [-0.1, -0.05) is 59.8 Å². The Morgan fingerprint density at radius 3 is 2.15 bits per heavy atom. The molecule has 0 radical (unpaired) electrons. The fourth-order valence-corrected chi connectivity index (χ4v) is 4.92. The number of carbonyl (C=O) groups is 1. The average molecular weight is 534 g/mol. The fraction of sp³-hybridized carbons (Fsp3) is 0.391. The highest BCUT2D eigenvalue weighted by molar-refractivity contribution is 6.41. The summed E-state index contributed by atoms with van der Waals surface area (Å²) in [6, 6.07) is 9.05. The SMILES string of the molecule is O=C(NN1CCCCCC1)C1=NN(c2ccc(Cl)cc2Cl)[C@H](c2ccc(Cl)cc2)[C@@H]1C(F)(F)F. The number of anilines is 1. The second-order valence-electron chi connectivity index (χ2n) is 8.28. The molecule has 2 aromatic rings. The molecule has 2 heterocycles. The van der Waals surface area contributed by atoms with E-state index >= 15 is 0 Å². The first-order valence-electron chi connectivity index (χ1n) is 10.9. The topological polar surface area (TPSA) is 47.9 Å². The van der Waals surface area contributed by atoms with E-state index in [2.05, 4.69) is 10.5 Å². The molecular formula is C23H22Cl3F3N4O. The fourth-order valence-electron chi connectivity index (χ4n) is 4.30. The number of amides is 1. The monoisotopic (exact) mass is 532 g/mol. The van der Waals surface area contributed by atoms with E-state index in [1.807, 2.05) is 0 Å². The number of nitrogens with one attached hydrogen (secondary N) is 1. The number of carbonyl (C=O) groups excluding carboxylic acids is 1. The second-order valence-corrected chi connectivity index (χ2v) is 9.56. The quantitative estimate of drug-likeness (QED) is 0.479. The molecule has 1 amide bonds. The van der Waals surface area contributed by atoms with Gasteiger partial charge in [0.2, 0.25) is 0 Å². The lowest BCUT2D eigenvalue weighted by Crippen LogP contribution is -2.49. The molecule has 0 saturated carbocycles. The van der Waals surface area contributed by atoms with E-state index in [0.29, 0.717) is 28.7 Å². The summed E-state index contributed by atoms with van der Waals surface area (Å²) in [5.74, 6) is -3.07. The molecule has 4 rings (SSSR count). The molecule has 5 nitrogen and oxygen atoms in total. The third kappa shape index (κ3) is 5.46. The van der Waals surface area contributed by atoms with Crippen LogP contribution in [0.4, 0.5) is 18.9 Å². The van der Waals surface area contributed by atoms with Crippen LogP contribution in [0.15, 0.2) is 47.6 Å². The second kappa shape index (κ2) is 10.3. The predicted molar refractivity (Wildman–Crippen MR) is 128 cm³/mol. The van der Waals surface area contributed by atoms with Crippen molar-refractivity contribution in [3.63, 3.8) is 0 Å². The average Bonchev–Trinajstić information content (AvgIpc) is 2.99. The summed E-state index contributed by atoms with van der Waals surface area (Å²) in [5, 5.41) is 7.83. The van der Waals surface area contributed by atoms with Crippen LogP contribution in [-0.2, 0) is 4.79 Å². The number of hydrogen-bond acceptors (Lipinski definition) is 4. The van der Waals surface area contributed by atoms with Gasteiger partial charge in [0.25, 0.3) is 5.91 Å². The molecule has 34 heavy (non-hydrogen) atoms. The van der Waals surface area contributed by atoms with Crippen LogP contribution in [0.1, 0.15) is 37.3 Å². The van der Waals surface area contributed by atoms with Crippen molar-refractivity contribution < 1.29 is 18.0 Å². The van der Waals surface area contributed by atoms with E-state index in [-0.39, 0.29) is 10.7 Å². The number of benzene rings is 2. The molecule has 0 aromatic heterocycles. The van der Waals surface area contributed by atoms with Crippen LogP contribution in [-0.4, -0.2) is 35.9 Å². The Balaban J connectivity index is 1.78. The van der Waals surface area contributed by atoms with Gasteiger partial charge in [0, 0.05) is 23.1 Å². The van der Waals surface area contributed by atoms with Gasteiger partial charge in [0.15, 0.2) is 0 Å². The van der Waals surface area contributed by atoms with Crippen LogP contribution in [0.2, 0.25) is 15.1 Å². The normalized spacial score (nSPS) is 21.8. The van der Waals surface area contributed by atoms with Crippen LogP contribution in [0.5, 0.6) is 0 Å². The maximum Gasteiger partial charge on any atom is 0.399 e. The largest absolute Gasteiger partial charge is 0.399 e. The summed E-state index contributed by atoms with van der Waals surface area (Å²) in [5.41, 5.74) is 2.52. The van der Waals surface area contributed by atoms with E-state index in [4.69, 9.17) is 34.8 Å². The van der Waals surface area contributed by atoms with Crippen LogP contribution in [0, 0.1) is 5.92 Å². The molecule has 2 aliphatic heterocycles. The van der Waals surface area contributed by atoms with E-state index in [0.717, 1.165) is 30.7 Å². The van der Waals surface area contributed by atoms with Crippen molar-refractivity contribution in [3.8, 4) is 0 Å². The van der Waals surface area contributed by atoms with Crippen LogP contribution in [0.3, 0.4) is 0 Å². The maximum atomic E-state index is 14.5. The Bertz CT molecular complexity index is 1070. The van der Waals surface area contributed by atoms with Gasteiger partial charge in [0.1, 0.15) is 11.6 Å². The number of hydrazine groups is 1. The molecule has 0 aliphatic carbocycles. The summed E-state index contributed by atoms with van der Waals surface area (Å²) in [6.45, 7) is 1.14. The highest BCUT2D eigenvalue weighted by Gasteiger charge is 2.56. The Hall–Kier alpha value is -2.00. The Morgan fingerprint density at radius 2 is 1.56 bits per heavy atom. The molecule has 1 saturated heterocycles. The Morgan fingerprint density at radius 1 is 0.941 bits per heavy atom. The van der Waals surface area contributed by atoms with Gasteiger partial charge in [-0.05, 0) is 48.7 Å². The zero-order chi connectivity index (χ0) is 24.5. The first-order valence-corrected chi connectivity index (χ1v) is 12.0. The zero-order valence-electron chi connectivity index (χ0n) is 18.0. The minimum absolute atomic E-state index is 0.116. The van der Waals surface area contributed by atoms with Gasteiger partial charge in [-0.25, -0.2) is 5.01 Å². The van der Waals surface area contributed by atoms with Crippen LogP contribution >= 0.6 is 34.8 Å². The summed E-state index contributed by atoms with van der Waals surface area (Å²) in [7, 11) is 0. The van der Waals surface area contributed by atoms with Crippen molar-refractivity contribution in [2.75, 3.05) is 18.1 Å². The minimum atomic E-state index is -4.76. The maximum absolute atomic E-state index is 14.5. The highest BCUT2D eigenvalue weighted by atomic mass is 35.5. The molecule has 0 unspecified atom stereocenters. The number of nitrogens with zero attached hydrogens (tertiary/aromatic N) is 3. The van der Waals surface area contributed by atoms with Crippen LogP contribution in [0.25, 0.3) is 0 Å². The Kier molecular flexibility index (Phi) is 7.62. The lowest BCUT2D eigenvalue weighted by atomic mass is 9.88. The standard InChI is InChI=1S/C23H22Cl3F3N4O/c24-15-7-5-14(6-8-15)21-19(23(27,28)29)20(22(34)31-32-11-3-1-2-4-12-32)30-33(21)18-10-9-16(25)13-17(18)26/h5-10,13,19,21H,1-4,11-12H2,(H,31,34)/t19-,21-/m1/s1. The first-order chi connectivity index (χ1) is 16.1. The van der Waals surface area contributed by atoms with Crippen molar-refractivity contribution in [1.82, 2.24) is 10.4 Å². The summed E-state index contributed by atoms with van der Waals surface area (Å²) >= 11 is 18.3. The molecular weight excluding hydrogens is 512 g/mol. The molecule has 0 spiro atoms. The summed E-state index contributed by atoms with van der Waals surface area (Å²) < 4.78 is 43.5. The molecule has 1 fully saturated rings. The van der Waals surface area contributed by atoms with E-state index in [9.17, 15) is 18.0 Å². The van der Waals surface area contributed by atoms with Gasteiger partial charge >= 0.3 is 6.18 Å². The van der Waals surface area contributed by atoms with Crippen molar-refractivity contribution in [2.24, 2.45) is 11.0 Å². The minimum Gasteiger partial charge on any atom is -0.284 e. The molecule has 2 atom stereocenters. The van der Waals surface area contributed by atoms with E-state index in [1.54, 1.807) is 5.01 Å². The number of halogens is 6. The van der Waals surface area contributed by atoms with Crippen LogP contribution < -0.4 is 10.4 Å². The van der Waals surface area contributed by atoms with E-state index in [1.165, 1.54) is 42.5 Å². The third-order valence-electron chi connectivity index (χ3n) is 5.91. The number of hydrogen-bond donors (Lipinski definition) is 1. The molecule has 1 N–H and O–H groups in total. The van der Waals surface area contributed by atoms with E-state index < -0.39 is 29.8 Å². The van der Waals surface area contributed by atoms with Gasteiger partial charge in [-0.2, -0.15) is 18.3 Å². The third-order valence-corrected chi connectivity index (χ3v) is 6.70. The smallest absolute Gasteiger partial charge is 0.284 e. The molecule has 0 bridgehead atoms. The first kappa shape index (κ1) is 25.1. The lowest BCUT2D eigenvalue weighted by molar-refractivity contribution is -0.160. The molecule has 2 aromatic carbocycles. The Labute approximate surface area is 210 Å². The number of rotatable bonds is 4. The molecule has 11 heteroatoms. The van der Waals surface area contributed by atoms with Gasteiger partial charge in [0.05, 0.1) is 16.8 Å². The zero-order valence-corrected chi connectivity index (χ0v) is 20.2. The van der Waals surface area contributed by atoms with Crippen molar-refractivity contribution >= 4 is 52.1 Å². The van der Waals surface area contributed by atoms with Crippen molar-refractivity contribution in [2.45, 2.75) is 37.9 Å². The summed E-state index contributed by atoms with van der Waals surface area (Å²) in [4.78, 5) is 13.1. The van der Waals surface area contributed by atoms with Gasteiger partial charge in [-0.15, -0.1) is 0 Å². The molecule has 182 valence electrons.